The van der Waals surface area contributed by atoms with Crippen LogP contribution >= 0.6 is 0 Å². The Labute approximate surface area is 123 Å². The molecule has 0 aliphatic carbocycles. The Bertz CT molecular complexity index is 548. The monoisotopic (exact) mass is 292 g/mol. The maximum absolute atomic E-state index is 12.5. The molecule has 2 rings (SSSR count). The number of aliphatic carboxylic acids is 1. The van der Waals surface area contributed by atoms with Gasteiger partial charge >= 0.3 is 5.97 Å². The third kappa shape index (κ3) is 2.64. The molecule has 0 aromatic heterocycles. The Morgan fingerprint density at radius 1 is 1.43 bits per heavy atom. The highest BCUT2D eigenvalue weighted by Crippen LogP contribution is 2.30. The SMILES string of the molecule is CC(NC(=O)C1(C)COCC1N)(C(=O)O)c1ccccc1. The average Bonchev–Trinajstić information content (AvgIpc) is 2.80. The summed E-state index contributed by atoms with van der Waals surface area (Å²) in [7, 11) is 0. The van der Waals surface area contributed by atoms with E-state index in [2.05, 4.69) is 5.32 Å². The third-order valence-corrected chi connectivity index (χ3v) is 4.18. The first kappa shape index (κ1) is 15.5. The van der Waals surface area contributed by atoms with Crippen LogP contribution in [0.15, 0.2) is 30.3 Å². The van der Waals surface area contributed by atoms with Gasteiger partial charge in [0.05, 0.1) is 18.6 Å². The fourth-order valence-corrected chi connectivity index (χ4v) is 2.31. The number of carbonyl (C=O) groups excluding carboxylic acids is 1. The Balaban J connectivity index is 2.29. The maximum atomic E-state index is 12.5. The molecule has 1 amide bonds. The predicted molar refractivity (Wildman–Crippen MR) is 76.5 cm³/mol. The second-order valence-electron chi connectivity index (χ2n) is 5.79. The van der Waals surface area contributed by atoms with E-state index in [4.69, 9.17) is 10.5 Å². The molecule has 0 radical (unpaired) electrons. The molecule has 21 heavy (non-hydrogen) atoms. The quantitative estimate of drug-likeness (QED) is 0.748. The molecule has 6 heteroatoms. The second-order valence-corrected chi connectivity index (χ2v) is 5.79. The lowest BCUT2D eigenvalue weighted by Gasteiger charge is -2.33. The molecule has 3 unspecified atom stereocenters. The van der Waals surface area contributed by atoms with Crippen LogP contribution < -0.4 is 11.1 Å². The van der Waals surface area contributed by atoms with Gasteiger partial charge in [-0.3, -0.25) is 4.79 Å². The van der Waals surface area contributed by atoms with Gasteiger partial charge in [0.1, 0.15) is 0 Å². The van der Waals surface area contributed by atoms with E-state index in [1.807, 2.05) is 0 Å². The molecule has 1 heterocycles. The van der Waals surface area contributed by atoms with Gasteiger partial charge in [0.15, 0.2) is 5.54 Å². The van der Waals surface area contributed by atoms with Crippen LogP contribution in [0.1, 0.15) is 19.4 Å². The van der Waals surface area contributed by atoms with Crippen molar-refractivity contribution in [3.05, 3.63) is 35.9 Å². The van der Waals surface area contributed by atoms with Gasteiger partial charge in [-0.15, -0.1) is 0 Å². The van der Waals surface area contributed by atoms with Crippen molar-refractivity contribution in [2.24, 2.45) is 11.1 Å². The standard InChI is InChI=1S/C15H20N2O4/c1-14(9-21-8-11(14)16)12(18)17-15(2,13(19)20)10-6-4-3-5-7-10/h3-7,11H,8-9,16H2,1-2H3,(H,17,18)(H,19,20). The number of carboxylic acids is 1. The van der Waals surface area contributed by atoms with Gasteiger partial charge in [0.2, 0.25) is 5.91 Å². The molecule has 0 bridgehead atoms. The summed E-state index contributed by atoms with van der Waals surface area (Å²) in [6, 6.07) is 8.13. The van der Waals surface area contributed by atoms with Gasteiger partial charge in [-0.2, -0.15) is 0 Å². The largest absolute Gasteiger partial charge is 0.479 e. The minimum atomic E-state index is -1.51. The summed E-state index contributed by atoms with van der Waals surface area (Å²) in [6.07, 6.45) is 0. The van der Waals surface area contributed by atoms with E-state index in [9.17, 15) is 14.7 Å². The normalized spacial score (nSPS) is 27.9. The molecule has 3 atom stereocenters. The minimum Gasteiger partial charge on any atom is -0.479 e. The molecule has 1 fully saturated rings. The fourth-order valence-electron chi connectivity index (χ4n) is 2.31. The van der Waals surface area contributed by atoms with Crippen molar-refractivity contribution in [3.8, 4) is 0 Å². The predicted octanol–water partition coefficient (Wildman–Crippen LogP) is 0.466. The molecule has 1 aliphatic heterocycles. The number of carboxylic acid groups (broad SMARTS) is 1. The summed E-state index contributed by atoms with van der Waals surface area (Å²) in [5.74, 6) is -1.54. The van der Waals surface area contributed by atoms with Crippen molar-refractivity contribution in [3.63, 3.8) is 0 Å². The molecule has 6 nitrogen and oxygen atoms in total. The zero-order valence-corrected chi connectivity index (χ0v) is 12.1. The van der Waals surface area contributed by atoms with Crippen LogP contribution in [0.5, 0.6) is 0 Å². The van der Waals surface area contributed by atoms with Crippen molar-refractivity contribution in [1.82, 2.24) is 5.32 Å². The zero-order chi connectivity index (χ0) is 15.7. The van der Waals surface area contributed by atoms with E-state index < -0.39 is 28.9 Å². The Hall–Kier alpha value is -1.92. The maximum Gasteiger partial charge on any atom is 0.333 e. The minimum absolute atomic E-state index is 0.185. The number of rotatable bonds is 4. The number of benzene rings is 1. The number of ether oxygens (including phenoxy) is 1. The first-order valence-corrected chi connectivity index (χ1v) is 6.75. The highest BCUT2D eigenvalue weighted by molar-refractivity contribution is 5.91. The second kappa shape index (κ2) is 5.46. The lowest BCUT2D eigenvalue weighted by atomic mass is 9.82. The zero-order valence-electron chi connectivity index (χ0n) is 12.1. The Morgan fingerprint density at radius 2 is 2.05 bits per heavy atom. The van der Waals surface area contributed by atoms with Crippen LogP contribution in [0.3, 0.4) is 0 Å². The number of hydrogen-bond donors (Lipinski definition) is 3. The molecule has 1 aromatic carbocycles. The van der Waals surface area contributed by atoms with E-state index in [1.165, 1.54) is 6.92 Å². The van der Waals surface area contributed by atoms with Gasteiger partial charge in [-0.1, -0.05) is 30.3 Å². The van der Waals surface area contributed by atoms with E-state index in [1.54, 1.807) is 37.3 Å². The molecule has 0 saturated carbocycles. The summed E-state index contributed by atoms with van der Waals surface area (Å²) < 4.78 is 5.24. The van der Waals surface area contributed by atoms with Crippen LogP contribution in [-0.2, 0) is 19.9 Å². The summed E-state index contributed by atoms with van der Waals surface area (Å²) in [6.45, 7) is 3.63. The van der Waals surface area contributed by atoms with Crippen molar-refractivity contribution in [2.45, 2.75) is 25.4 Å². The number of hydrogen-bond acceptors (Lipinski definition) is 4. The number of carbonyl (C=O) groups is 2. The molecule has 0 spiro atoms. The van der Waals surface area contributed by atoms with Crippen molar-refractivity contribution < 1.29 is 19.4 Å². The van der Waals surface area contributed by atoms with Crippen LogP contribution in [0.4, 0.5) is 0 Å². The first-order chi connectivity index (χ1) is 9.80. The van der Waals surface area contributed by atoms with Crippen molar-refractivity contribution in [2.75, 3.05) is 13.2 Å². The number of nitrogens with two attached hydrogens (primary N) is 1. The average molecular weight is 292 g/mol. The van der Waals surface area contributed by atoms with Gasteiger partial charge in [0, 0.05) is 6.04 Å². The number of nitrogens with one attached hydrogen (secondary N) is 1. The molecular weight excluding hydrogens is 272 g/mol. The smallest absolute Gasteiger partial charge is 0.333 e. The molecule has 1 aromatic rings. The molecule has 114 valence electrons. The molecule has 4 N–H and O–H groups in total. The van der Waals surface area contributed by atoms with Crippen LogP contribution in [0.25, 0.3) is 0 Å². The van der Waals surface area contributed by atoms with Crippen LogP contribution in [0, 0.1) is 5.41 Å². The van der Waals surface area contributed by atoms with E-state index in [0.29, 0.717) is 12.2 Å². The van der Waals surface area contributed by atoms with Gasteiger partial charge in [-0.05, 0) is 19.4 Å². The third-order valence-electron chi connectivity index (χ3n) is 4.18. The Kier molecular flexibility index (Phi) is 4.02. The first-order valence-electron chi connectivity index (χ1n) is 6.75. The summed E-state index contributed by atoms with van der Waals surface area (Å²) in [5, 5.41) is 12.2. The lowest BCUT2D eigenvalue weighted by molar-refractivity contribution is -0.149. The molecular formula is C15H20N2O4. The van der Waals surface area contributed by atoms with Crippen LogP contribution in [0.2, 0.25) is 0 Å². The van der Waals surface area contributed by atoms with Gasteiger partial charge in [0.25, 0.3) is 0 Å². The van der Waals surface area contributed by atoms with E-state index in [-0.39, 0.29) is 6.61 Å². The van der Waals surface area contributed by atoms with E-state index >= 15 is 0 Å². The van der Waals surface area contributed by atoms with E-state index in [0.717, 1.165) is 0 Å². The van der Waals surface area contributed by atoms with Gasteiger partial charge < -0.3 is 20.9 Å². The molecule has 1 saturated heterocycles. The lowest BCUT2D eigenvalue weighted by Crippen LogP contribution is -2.57. The fraction of sp³-hybridized carbons (Fsp3) is 0.467. The van der Waals surface area contributed by atoms with Crippen molar-refractivity contribution >= 4 is 11.9 Å². The highest BCUT2D eigenvalue weighted by atomic mass is 16.5. The highest BCUT2D eigenvalue weighted by Gasteiger charge is 2.48. The topological polar surface area (TPSA) is 102 Å². The summed E-state index contributed by atoms with van der Waals surface area (Å²) in [5.41, 5.74) is 3.98. The van der Waals surface area contributed by atoms with Crippen LogP contribution in [-0.4, -0.2) is 36.2 Å². The Morgan fingerprint density at radius 3 is 2.52 bits per heavy atom. The molecule has 1 aliphatic rings. The number of amides is 1. The van der Waals surface area contributed by atoms with Gasteiger partial charge in [-0.25, -0.2) is 4.79 Å². The summed E-state index contributed by atoms with van der Waals surface area (Å²) in [4.78, 5) is 24.2. The summed E-state index contributed by atoms with van der Waals surface area (Å²) >= 11 is 0. The van der Waals surface area contributed by atoms with Crippen molar-refractivity contribution in [1.29, 1.82) is 0 Å².